The lowest BCUT2D eigenvalue weighted by Crippen LogP contribution is -1.99. The molecule has 0 aliphatic carbocycles. The first-order valence-electron chi connectivity index (χ1n) is 6.89. The summed E-state index contributed by atoms with van der Waals surface area (Å²) >= 11 is 0. The van der Waals surface area contributed by atoms with E-state index in [0.29, 0.717) is 5.82 Å². The van der Waals surface area contributed by atoms with E-state index in [4.69, 9.17) is 9.26 Å². The lowest BCUT2D eigenvalue weighted by Gasteiger charge is -2.03. The van der Waals surface area contributed by atoms with Gasteiger partial charge in [0.2, 0.25) is 5.82 Å². The Bertz CT molecular complexity index is 827. The van der Waals surface area contributed by atoms with E-state index in [1.165, 1.54) is 12.1 Å². The molecule has 0 unspecified atom stereocenters. The Kier molecular flexibility index (Phi) is 4.01. The van der Waals surface area contributed by atoms with E-state index >= 15 is 0 Å². The van der Waals surface area contributed by atoms with Crippen LogP contribution in [0.3, 0.4) is 0 Å². The van der Waals surface area contributed by atoms with E-state index in [-0.39, 0.29) is 23.9 Å². The molecule has 1 aromatic heterocycles. The number of rotatable bonds is 5. The van der Waals surface area contributed by atoms with Gasteiger partial charge in [0.15, 0.2) is 12.4 Å². The molecule has 0 saturated carbocycles. The number of hydrogen-bond donors (Lipinski definition) is 0. The fourth-order valence-electron chi connectivity index (χ4n) is 2.00. The van der Waals surface area contributed by atoms with Gasteiger partial charge >= 0.3 is 5.69 Å². The van der Waals surface area contributed by atoms with Crippen LogP contribution in [0.2, 0.25) is 0 Å². The highest BCUT2D eigenvalue weighted by molar-refractivity contribution is 5.54. The molecule has 0 bridgehead atoms. The molecule has 0 spiro atoms. The van der Waals surface area contributed by atoms with Gasteiger partial charge in [-0.3, -0.25) is 10.1 Å². The minimum atomic E-state index is -0.499. The molecule has 0 aliphatic heterocycles. The molecule has 3 aromatic rings. The molecule has 7 heteroatoms. The Morgan fingerprint density at radius 1 is 1.17 bits per heavy atom. The summed E-state index contributed by atoms with van der Waals surface area (Å²) in [4.78, 5) is 14.7. The molecule has 7 nitrogen and oxygen atoms in total. The normalized spacial score (nSPS) is 10.5. The van der Waals surface area contributed by atoms with Gasteiger partial charge in [-0.1, -0.05) is 47.1 Å². The van der Waals surface area contributed by atoms with Crippen molar-refractivity contribution in [3.05, 3.63) is 70.1 Å². The van der Waals surface area contributed by atoms with Gasteiger partial charge in [0.25, 0.3) is 5.89 Å². The molecule has 0 fully saturated rings. The second-order valence-corrected chi connectivity index (χ2v) is 4.89. The van der Waals surface area contributed by atoms with Gasteiger partial charge in [0, 0.05) is 11.6 Å². The molecule has 0 atom stereocenters. The van der Waals surface area contributed by atoms with Crippen molar-refractivity contribution in [2.45, 2.75) is 13.5 Å². The lowest BCUT2D eigenvalue weighted by atomic mass is 10.1. The van der Waals surface area contributed by atoms with Crippen molar-refractivity contribution in [1.29, 1.82) is 0 Å². The van der Waals surface area contributed by atoms with Crippen LogP contribution in [-0.2, 0) is 6.61 Å². The summed E-state index contributed by atoms with van der Waals surface area (Å²) in [6, 6.07) is 13.8. The number of aromatic nitrogens is 2. The van der Waals surface area contributed by atoms with Gasteiger partial charge in [-0.05, 0) is 13.0 Å². The van der Waals surface area contributed by atoms with E-state index < -0.39 is 4.92 Å². The van der Waals surface area contributed by atoms with Crippen molar-refractivity contribution in [2.24, 2.45) is 0 Å². The third-order valence-electron chi connectivity index (χ3n) is 3.19. The van der Waals surface area contributed by atoms with E-state index in [0.717, 1.165) is 11.1 Å². The molecule has 0 amide bonds. The minimum absolute atomic E-state index is 0.0380. The third-order valence-corrected chi connectivity index (χ3v) is 3.19. The number of nitrogens with zero attached hydrogens (tertiary/aromatic N) is 3. The second-order valence-electron chi connectivity index (χ2n) is 4.89. The minimum Gasteiger partial charge on any atom is -0.477 e. The largest absolute Gasteiger partial charge is 0.477 e. The Labute approximate surface area is 131 Å². The number of nitro benzene ring substituents is 1. The standard InChI is InChI=1S/C16H13N3O4/c1-11-6-8-12(9-7-11)16-17-15(23-18-16)10-22-14-5-3-2-4-13(14)19(20)21/h2-9H,10H2,1H3. The zero-order valence-corrected chi connectivity index (χ0v) is 12.3. The Morgan fingerprint density at radius 3 is 2.65 bits per heavy atom. The first-order chi connectivity index (χ1) is 11.1. The average Bonchev–Trinajstić information content (AvgIpc) is 3.03. The first kappa shape index (κ1) is 14.7. The summed E-state index contributed by atoms with van der Waals surface area (Å²) in [5, 5.41) is 14.8. The molecule has 23 heavy (non-hydrogen) atoms. The predicted molar refractivity (Wildman–Crippen MR) is 81.9 cm³/mol. The molecule has 0 radical (unpaired) electrons. The van der Waals surface area contributed by atoms with Crippen LogP contribution in [0, 0.1) is 17.0 Å². The second kappa shape index (κ2) is 6.27. The highest BCUT2D eigenvalue weighted by Crippen LogP contribution is 2.26. The third kappa shape index (κ3) is 3.34. The maximum atomic E-state index is 10.9. The summed E-state index contributed by atoms with van der Waals surface area (Å²) in [6.07, 6.45) is 0. The van der Waals surface area contributed by atoms with Crippen molar-refractivity contribution in [2.75, 3.05) is 0 Å². The van der Waals surface area contributed by atoms with Crippen LogP contribution in [-0.4, -0.2) is 15.1 Å². The van der Waals surface area contributed by atoms with Gasteiger partial charge < -0.3 is 9.26 Å². The molecule has 0 saturated heterocycles. The Balaban J connectivity index is 1.73. The van der Waals surface area contributed by atoms with Crippen molar-refractivity contribution in [1.82, 2.24) is 10.1 Å². The van der Waals surface area contributed by atoms with Crippen molar-refractivity contribution >= 4 is 5.69 Å². The summed E-state index contributed by atoms with van der Waals surface area (Å²) in [6.45, 7) is 1.95. The van der Waals surface area contributed by atoms with E-state index in [2.05, 4.69) is 10.1 Å². The monoisotopic (exact) mass is 311 g/mol. The van der Waals surface area contributed by atoms with Crippen LogP contribution in [0.25, 0.3) is 11.4 Å². The molecular weight excluding hydrogens is 298 g/mol. The smallest absolute Gasteiger partial charge is 0.310 e. The molecular formula is C16H13N3O4. The highest BCUT2D eigenvalue weighted by atomic mass is 16.6. The number of aryl methyl sites for hydroxylation is 1. The van der Waals surface area contributed by atoms with E-state index in [1.54, 1.807) is 12.1 Å². The number of para-hydroxylation sites is 2. The van der Waals surface area contributed by atoms with Crippen LogP contribution < -0.4 is 4.74 Å². The lowest BCUT2D eigenvalue weighted by molar-refractivity contribution is -0.386. The zero-order valence-electron chi connectivity index (χ0n) is 12.3. The first-order valence-corrected chi connectivity index (χ1v) is 6.89. The summed E-state index contributed by atoms with van der Waals surface area (Å²) in [5.41, 5.74) is 1.86. The molecule has 116 valence electrons. The van der Waals surface area contributed by atoms with Gasteiger partial charge in [-0.2, -0.15) is 4.98 Å². The average molecular weight is 311 g/mol. The van der Waals surface area contributed by atoms with Gasteiger partial charge in [-0.25, -0.2) is 0 Å². The van der Waals surface area contributed by atoms with Crippen molar-refractivity contribution < 1.29 is 14.2 Å². The van der Waals surface area contributed by atoms with Crippen LogP contribution in [0.15, 0.2) is 53.1 Å². The number of nitro groups is 1. The predicted octanol–water partition coefficient (Wildman–Crippen LogP) is 3.53. The van der Waals surface area contributed by atoms with Crippen LogP contribution in [0.1, 0.15) is 11.5 Å². The highest BCUT2D eigenvalue weighted by Gasteiger charge is 2.15. The van der Waals surface area contributed by atoms with E-state index in [1.807, 2.05) is 31.2 Å². The topological polar surface area (TPSA) is 91.3 Å². The summed E-state index contributed by atoms with van der Waals surface area (Å²) in [5.74, 6) is 0.859. The Morgan fingerprint density at radius 2 is 1.91 bits per heavy atom. The van der Waals surface area contributed by atoms with Crippen LogP contribution >= 0.6 is 0 Å². The van der Waals surface area contributed by atoms with Gasteiger partial charge in [-0.15, -0.1) is 0 Å². The van der Waals surface area contributed by atoms with Crippen molar-refractivity contribution in [3.8, 4) is 17.1 Å². The maximum absolute atomic E-state index is 10.9. The molecule has 0 N–H and O–H groups in total. The van der Waals surface area contributed by atoms with Crippen LogP contribution in [0.4, 0.5) is 5.69 Å². The quantitative estimate of drug-likeness (QED) is 0.528. The molecule has 0 aliphatic rings. The molecule has 2 aromatic carbocycles. The van der Waals surface area contributed by atoms with Crippen LogP contribution in [0.5, 0.6) is 5.75 Å². The van der Waals surface area contributed by atoms with E-state index in [9.17, 15) is 10.1 Å². The number of hydrogen-bond acceptors (Lipinski definition) is 6. The summed E-state index contributed by atoms with van der Waals surface area (Å²) < 4.78 is 10.5. The number of benzene rings is 2. The summed E-state index contributed by atoms with van der Waals surface area (Å²) in [7, 11) is 0. The van der Waals surface area contributed by atoms with Gasteiger partial charge in [0.1, 0.15) is 0 Å². The fourth-order valence-corrected chi connectivity index (χ4v) is 2.00. The zero-order chi connectivity index (χ0) is 16.2. The SMILES string of the molecule is Cc1ccc(-c2noc(COc3ccccc3[N+](=O)[O-])n2)cc1. The van der Waals surface area contributed by atoms with Crippen molar-refractivity contribution in [3.63, 3.8) is 0 Å². The Hall–Kier alpha value is -3.22. The van der Waals surface area contributed by atoms with Gasteiger partial charge in [0.05, 0.1) is 4.92 Å². The maximum Gasteiger partial charge on any atom is 0.310 e. The fraction of sp³-hybridized carbons (Fsp3) is 0.125. The molecule has 3 rings (SSSR count). The number of ether oxygens (including phenoxy) is 1. The molecule has 1 heterocycles.